The zero-order chi connectivity index (χ0) is 14.8. The molecule has 0 saturated heterocycles. The van der Waals surface area contributed by atoms with Crippen LogP contribution in [0.4, 0.5) is 0 Å². The number of rotatable bonds is 10. The van der Waals surface area contributed by atoms with E-state index in [9.17, 15) is 0 Å². The Labute approximate surface area is 128 Å². The van der Waals surface area contributed by atoms with E-state index < -0.39 is 0 Å². The fourth-order valence-electron chi connectivity index (χ4n) is 2.55. The van der Waals surface area contributed by atoms with Crippen LogP contribution in [-0.4, -0.2) is 19.7 Å². The number of hydrogen-bond donors (Lipinski definition) is 1. The van der Waals surface area contributed by atoms with Crippen LogP contribution in [0.3, 0.4) is 0 Å². The summed E-state index contributed by atoms with van der Waals surface area (Å²) in [6.45, 7) is 5.41. The summed E-state index contributed by atoms with van der Waals surface area (Å²) in [7, 11) is 1.72. The van der Waals surface area contributed by atoms with Crippen LogP contribution >= 0.6 is 11.6 Å². The number of ether oxygens (including phenoxy) is 1. The van der Waals surface area contributed by atoms with Gasteiger partial charge in [0.25, 0.3) is 0 Å². The minimum absolute atomic E-state index is 0.504. The van der Waals surface area contributed by atoms with Crippen molar-refractivity contribution in [3.63, 3.8) is 0 Å². The van der Waals surface area contributed by atoms with Crippen molar-refractivity contribution < 1.29 is 4.74 Å². The van der Waals surface area contributed by atoms with E-state index in [0.29, 0.717) is 6.04 Å². The van der Waals surface area contributed by atoms with Crippen LogP contribution in [0.5, 0.6) is 5.75 Å². The summed E-state index contributed by atoms with van der Waals surface area (Å²) in [5.74, 6) is 0.936. The van der Waals surface area contributed by atoms with Crippen molar-refractivity contribution in [1.82, 2.24) is 5.32 Å². The lowest BCUT2D eigenvalue weighted by Crippen LogP contribution is -2.31. The molecule has 0 aliphatic heterocycles. The van der Waals surface area contributed by atoms with Gasteiger partial charge in [-0.2, -0.15) is 0 Å². The van der Waals surface area contributed by atoms with Gasteiger partial charge in [0.2, 0.25) is 0 Å². The van der Waals surface area contributed by atoms with E-state index in [4.69, 9.17) is 16.3 Å². The Morgan fingerprint density at radius 2 is 2.00 bits per heavy atom. The molecule has 0 heterocycles. The lowest BCUT2D eigenvalue weighted by Gasteiger charge is -2.19. The fraction of sp³-hybridized carbons (Fsp3) is 0.647. The molecule has 0 spiro atoms. The van der Waals surface area contributed by atoms with E-state index in [1.54, 1.807) is 7.11 Å². The van der Waals surface area contributed by atoms with Crippen molar-refractivity contribution >= 4 is 11.6 Å². The summed E-state index contributed by atoms with van der Waals surface area (Å²) < 4.78 is 5.44. The Morgan fingerprint density at radius 3 is 2.65 bits per heavy atom. The number of likely N-dealkylation sites (N-methyl/N-ethyl adjacent to an activating group) is 1. The number of nitrogens with one attached hydrogen (secondary N) is 1. The third-order valence-corrected chi connectivity index (χ3v) is 3.84. The quantitative estimate of drug-likeness (QED) is 0.624. The number of unbranched alkanes of at least 4 members (excludes halogenated alkanes) is 3. The Morgan fingerprint density at radius 1 is 1.20 bits per heavy atom. The normalized spacial score (nSPS) is 12.4. The van der Waals surface area contributed by atoms with Crippen LogP contribution in [0.15, 0.2) is 18.2 Å². The van der Waals surface area contributed by atoms with E-state index in [1.807, 2.05) is 18.2 Å². The minimum atomic E-state index is 0.504. The number of benzene rings is 1. The topological polar surface area (TPSA) is 21.3 Å². The molecule has 0 aliphatic carbocycles. The van der Waals surface area contributed by atoms with E-state index in [0.717, 1.165) is 23.7 Å². The molecule has 1 unspecified atom stereocenters. The first kappa shape index (κ1) is 17.3. The van der Waals surface area contributed by atoms with Crippen molar-refractivity contribution in [3.8, 4) is 5.75 Å². The maximum atomic E-state index is 6.10. The van der Waals surface area contributed by atoms with Crippen molar-refractivity contribution in [2.24, 2.45) is 0 Å². The van der Waals surface area contributed by atoms with E-state index in [-0.39, 0.29) is 0 Å². The molecule has 1 rings (SSSR count). The van der Waals surface area contributed by atoms with Gasteiger partial charge < -0.3 is 10.1 Å². The highest BCUT2D eigenvalue weighted by molar-refractivity contribution is 6.30. The molecule has 0 saturated carbocycles. The zero-order valence-corrected chi connectivity index (χ0v) is 13.8. The molecule has 20 heavy (non-hydrogen) atoms. The van der Waals surface area contributed by atoms with Gasteiger partial charge in [0.1, 0.15) is 5.75 Å². The first-order valence-electron chi connectivity index (χ1n) is 7.77. The minimum Gasteiger partial charge on any atom is -0.496 e. The molecule has 1 aromatic rings. The smallest absolute Gasteiger partial charge is 0.122 e. The van der Waals surface area contributed by atoms with Crippen molar-refractivity contribution in [2.45, 2.75) is 58.4 Å². The van der Waals surface area contributed by atoms with Crippen LogP contribution in [0.1, 0.15) is 51.5 Å². The van der Waals surface area contributed by atoms with Crippen molar-refractivity contribution in [1.29, 1.82) is 0 Å². The van der Waals surface area contributed by atoms with Gasteiger partial charge in [0.15, 0.2) is 0 Å². The molecule has 0 amide bonds. The van der Waals surface area contributed by atoms with Gasteiger partial charge >= 0.3 is 0 Å². The monoisotopic (exact) mass is 297 g/mol. The van der Waals surface area contributed by atoms with Crippen LogP contribution in [0, 0.1) is 0 Å². The predicted octanol–water partition coefficient (Wildman–Crippen LogP) is 4.84. The maximum Gasteiger partial charge on any atom is 0.122 e. The first-order chi connectivity index (χ1) is 9.71. The molecule has 1 aromatic carbocycles. The van der Waals surface area contributed by atoms with Crippen LogP contribution in [0.2, 0.25) is 5.02 Å². The molecule has 0 aromatic heterocycles. The molecular formula is C17H28ClNO. The third-order valence-electron chi connectivity index (χ3n) is 3.61. The predicted molar refractivity (Wildman–Crippen MR) is 87.9 cm³/mol. The van der Waals surface area contributed by atoms with Crippen LogP contribution in [0.25, 0.3) is 0 Å². The first-order valence-corrected chi connectivity index (χ1v) is 8.14. The Kier molecular flexibility index (Phi) is 8.72. The Balaban J connectivity index is 2.61. The summed E-state index contributed by atoms with van der Waals surface area (Å²) in [5, 5.41) is 4.36. The number of methoxy groups -OCH3 is 1. The lowest BCUT2D eigenvalue weighted by atomic mass is 9.99. The second-order valence-corrected chi connectivity index (χ2v) is 5.70. The SMILES string of the molecule is CCCCCCC(Cc1cc(Cl)ccc1OC)NCC. The molecule has 0 fully saturated rings. The maximum absolute atomic E-state index is 6.10. The average Bonchev–Trinajstić information content (AvgIpc) is 2.44. The van der Waals surface area contributed by atoms with Crippen LogP contribution < -0.4 is 10.1 Å². The molecule has 0 radical (unpaired) electrons. The number of hydrogen-bond acceptors (Lipinski definition) is 2. The summed E-state index contributed by atoms with van der Waals surface area (Å²) in [4.78, 5) is 0. The summed E-state index contributed by atoms with van der Waals surface area (Å²) >= 11 is 6.10. The molecule has 114 valence electrons. The Hall–Kier alpha value is -0.730. The molecular weight excluding hydrogens is 270 g/mol. The largest absolute Gasteiger partial charge is 0.496 e. The van der Waals surface area contributed by atoms with Gasteiger partial charge in [-0.15, -0.1) is 0 Å². The second kappa shape index (κ2) is 10.1. The van der Waals surface area contributed by atoms with Gasteiger partial charge in [0.05, 0.1) is 7.11 Å². The molecule has 0 aliphatic rings. The Bertz CT molecular complexity index is 381. The molecule has 1 N–H and O–H groups in total. The lowest BCUT2D eigenvalue weighted by molar-refractivity contribution is 0.401. The van der Waals surface area contributed by atoms with Gasteiger partial charge in [-0.25, -0.2) is 0 Å². The third kappa shape index (κ3) is 6.15. The highest BCUT2D eigenvalue weighted by Crippen LogP contribution is 2.24. The molecule has 3 heteroatoms. The van der Waals surface area contributed by atoms with Gasteiger partial charge in [0, 0.05) is 11.1 Å². The molecule has 1 atom stereocenters. The standard InChI is InChI=1S/C17H28ClNO/c1-4-6-7-8-9-16(19-5-2)13-14-12-15(18)10-11-17(14)20-3/h10-12,16,19H,4-9,13H2,1-3H3. The zero-order valence-electron chi connectivity index (χ0n) is 13.0. The van der Waals surface area contributed by atoms with E-state index in [2.05, 4.69) is 19.2 Å². The van der Waals surface area contributed by atoms with Crippen molar-refractivity contribution in [3.05, 3.63) is 28.8 Å². The van der Waals surface area contributed by atoms with Crippen LogP contribution in [-0.2, 0) is 6.42 Å². The van der Waals surface area contributed by atoms with Gasteiger partial charge in [-0.3, -0.25) is 0 Å². The summed E-state index contributed by atoms with van der Waals surface area (Å²) in [6, 6.07) is 6.37. The van der Waals surface area contributed by atoms with Gasteiger partial charge in [-0.1, -0.05) is 51.1 Å². The summed E-state index contributed by atoms with van der Waals surface area (Å²) in [6.07, 6.45) is 7.42. The summed E-state index contributed by atoms with van der Waals surface area (Å²) in [5.41, 5.74) is 1.20. The molecule has 0 bridgehead atoms. The van der Waals surface area contributed by atoms with Crippen molar-refractivity contribution in [2.75, 3.05) is 13.7 Å². The van der Waals surface area contributed by atoms with Gasteiger partial charge in [-0.05, 0) is 43.1 Å². The fourth-order valence-corrected chi connectivity index (χ4v) is 2.75. The van der Waals surface area contributed by atoms with E-state index in [1.165, 1.54) is 37.7 Å². The molecule has 2 nitrogen and oxygen atoms in total. The highest BCUT2D eigenvalue weighted by atomic mass is 35.5. The number of halogens is 1. The highest BCUT2D eigenvalue weighted by Gasteiger charge is 2.12. The average molecular weight is 298 g/mol. The van der Waals surface area contributed by atoms with E-state index >= 15 is 0 Å². The second-order valence-electron chi connectivity index (χ2n) is 5.26.